The van der Waals surface area contributed by atoms with Gasteiger partial charge in [-0.25, -0.2) is 18.1 Å². The second kappa shape index (κ2) is 6.78. The Morgan fingerprint density at radius 3 is 2.04 bits per heavy atom. The van der Waals surface area contributed by atoms with Crippen LogP contribution in [0, 0.1) is 0 Å². The quantitative estimate of drug-likeness (QED) is 0.621. The van der Waals surface area contributed by atoms with Crippen molar-refractivity contribution < 1.29 is 34.8 Å². The predicted molar refractivity (Wildman–Crippen MR) is 86.6 cm³/mol. The molecule has 0 aliphatic carbocycles. The number of hydrogen-bond acceptors (Lipinski definition) is 3. The summed E-state index contributed by atoms with van der Waals surface area (Å²) in [6, 6.07) is 6.87. The Morgan fingerprint density at radius 2 is 1.50 bits per heavy atom. The third kappa shape index (κ3) is 4.28. The number of H-pyrrole nitrogens is 1. The minimum absolute atomic E-state index is 0.141. The number of rotatable bonds is 4. The number of fused-ring (bicyclic) bond motifs is 1. The molecular formula is C16H11F6N3O2S. The van der Waals surface area contributed by atoms with Crippen LogP contribution in [0.5, 0.6) is 0 Å². The molecule has 0 amide bonds. The molecule has 3 rings (SSSR count). The van der Waals surface area contributed by atoms with Gasteiger partial charge in [0.2, 0.25) is 10.0 Å². The molecule has 2 N–H and O–H groups in total. The van der Waals surface area contributed by atoms with Crippen molar-refractivity contribution in [1.82, 2.24) is 14.7 Å². The van der Waals surface area contributed by atoms with Crippen molar-refractivity contribution >= 4 is 21.1 Å². The first-order valence-corrected chi connectivity index (χ1v) is 9.07. The second-order valence-electron chi connectivity index (χ2n) is 5.77. The highest BCUT2D eigenvalue weighted by Crippen LogP contribution is 2.37. The molecule has 0 saturated carbocycles. The summed E-state index contributed by atoms with van der Waals surface area (Å²) in [7, 11) is -4.67. The number of sulfonamides is 1. The van der Waals surface area contributed by atoms with E-state index in [1.807, 2.05) is 4.72 Å². The predicted octanol–water partition coefficient (Wildman–Crippen LogP) is 4.08. The first-order valence-electron chi connectivity index (χ1n) is 7.59. The third-order valence-electron chi connectivity index (χ3n) is 3.74. The van der Waals surface area contributed by atoms with Gasteiger partial charge in [0, 0.05) is 0 Å². The van der Waals surface area contributed by atoms with E-state index in [0.717, 1.165) is 0 Å². The highest BCUT2D eigenvalue weighted by Gasteiger charge is 2.38. The van der Waals surface area contributed by atoms with Crippen LogP contribution in [0.15, 0.2) is 47.4 Å². The number of benzene rings is 2. The lowest BCUT2D eigenvalue weighted by Crippen LogP contribution is -2.25. The smallest absolute Gasteiger partial charge is 0.341 e. The molecule has 3 aromatic rings. The highest BCUT2D eigenvalue weighted by molar-refractivity contribution is 7.89. The topological polar surface area (TPSA) is 74.8 Å². The van der Waals surface area contributed by atoms with Gasteiger partial charge in [0.05, 0.1) is 33.6 Å². The summed E-state index contributed by atoms with van der Waals surface area (Å²) in [6.45, 7) is -0.450. The second-order valence-corrected chi connectivity index (χ2v) is 7.53. The number of para-hydroxylation sites is 2. The fraction of sp³-hybridized carbons (Fsp3) is 0.188. The summed E-state index contributed by atoms with van der Waals surface area (Å²) >= 11 is 0. The van der Waals surface area contributed by atoms with E-state index in [-0.39, 0.29) is 24.0 Å². The zero-order valence-corrected chi connectivity index (χ0v) is 14.5. The van der Waals surface area contributed by atoms with Gasteiger partial charge in [-0.2, -0.15) is 26.3 Å². The lowest BCUT2D eigenvalue weighted by molar-refractivity contribution is -0.143. The van der Waals surface area contributed by atoms with Gasteiger partial charge in [-0.05, 0) is 30.3 Å². The maximum atomic E-state index is 12.9. The van der Waals surface area contributed by atoms with Crippen LogP contribution in [0.4, 0.5) is 26.3 Å². The van der Waals surface area contributed by atoms with E-state index in [4.69, 9.17) is 0 Å². The van der Waals surface area contributed by atoms with Crippen LogP contribution >= 0.6 is 0 Å². The van der Waals surface area contributed by atoms with Gasteiger partial charge in [0.15, 0.2) is 0 Å². The van der Waals surface area contributed by atoms with E-state index < -0.39 is 44.9 Å². The zero-order valence-electron chi connectivity index (χ0n) is 13.7. The number of imidazole rings is 1. The Morgan fingerprint density at radius 1 is 0.929 bits per heavy atom. The SMILES string of the molecule is O=S(=O)(NCc1nc2ccccc2[nH]1)c1cc(C(F)(F)F)cc(C(F)(F)F)c1. The normalized spacial score (nSPS) is 13.2. The Hall–Kier alpha value is -2.60. The monoisotopic (exact) mass is 423 g/mol. The third-order valence-corrected chi connectivity index (χ3v) is 5.12. The average Bonchev–Trinajstić information content (AvgIpc) is 3.01. The molecule has 0 bridgehead atoms. The fourth-order valence-electron chi connectivity index (χ4n) is 2.42. The first-order chi connectivity index (χ1) is 12.9. The number of nitrogens with one attached hydrogen (secondary N) is 2. The number of aromatic amines is 1. The molecule has 150 valence electrons. The minimum Gasteiger partial charge on any atom is -0.341 e. The summed E-state index contributed by atoms with van der Waals surface area (Å²) in [5, 5.41) is 0. The van der Waals surface area contributed by atoms with Crippen molar-refractivity contribution in [3.05, 3.63) is 59.4 Å². The maximum absolute atomic E-state index is 12.9. The summed E-state index contributed by atoms with van der Waals surface area (Å²) in [5.74, 6) is 0.146. The molecule has 5 nitrogen and oxygen atoms in total. The summed E-state index contributed by atoms with van der Waals surface area (Å²) in [5.41, 5.74) is -2.32. The average molecular weight is 423 g/mol. The van der Waals surface area contributed by atoms with Gasteiger partial charge in [-0.3, -0.25) is 0 Å². The summed E-state index contributed by atoms with van der Waals surface area (Å²) in [4.78, 5) is 5.73. The van der Waals surface area contributed by atoms with E-state index in [9.17, 15) is 34.8 Å². The van der Waals surface area contributed by atoms with Crippen LogP contribution in [0.1, 0.15) is 17.0 Å². The highest BCUT2D eigenvalue weighted by atomic mass is 32.2. The van der Waals surface area contributed by atoms with E-state index in [1.165, 1.54) is 0 Å². The van der Waals surface area contributed by atoms with Crippen LogP contribution in [-0.2, 0) is 28.9 Å². The van der Waals surface area contributed by atoms with E-state index in [0.29, 0.717) is 11.0 Å². The lowest BCUT2D eigenvalue weighted by atomic mass is 10.1. The number of alkyl halides is 6. The first kappa shape index (κ1) is 20.1. The van der Waals surface area contributed by atoms with Gasteiger partial charge in [-0.15, -0.1) is 0 Å². The molecular weight excluding hydrogens is 412 g/mol. The fourth-order valence-corrected chi connectivity index (χ4v) is 3.48. The zero-order chi connectivity index (χ0) is 20.7. The Balaban J connectivity index is 1.93. The summed E-state index contributed by atoms with van der Waals surface area (Å²) in [6.07, 6.45) is -10.3. The van der Waals surface area contributed by atoms with Crippen molar-refractivity contribution in [3.63, 3.8) is 0 Å². The number of halogens is 6. The van der Waals surface area contributed by atoms with Crippen LogP contribution in [0.2, 0.25) is 0 Å². The number of aromatic nitrogens is 2. The van der Waals surface area contributed by atoms with Crippen molar-refractivity contribution in [2.24, 2.45) is 0 Å². The standard InChI is InChI=1S/C16H11F6N3O2S/c17-15(18,19)9-5-10(16(20,21)22)7-11(6-9)28(26,27)23-8-14-24-12-3-1-2-4-13(12)25-14/h1-7,23H,8H2,(H,24,25). The Kier molecular flexibility index (Phi) is 4.88. The van der Waals surface area contributed by atoms with Crippen molar-refractivity contribution in [2.75, 3.05) is 0 Å². The molecule has 0 fully saturated rings. The Labute approximate surface area is 154 Å². The van der Waals surface area contributed by atoms with Gasteiger partial charge in [-0.1, -0.05) is 12.1 Å². The molecule has 28 heavy (non-hydrogen) atoms. The maximum Gasteiger partial charge on any atom is 0.416 e. The molecule has 0 aliphatic rings. The van der Waals surface area contributed by atoms with Crippen LogP contribution < -0.4 is 4.72 Å². The van der Waals surface area contributed by atoms with Crippen molar-refractivity contribution in [3.8, 4) is 0 Å². The molecule has 1 aromatic heterocycles. The van der Waals surface area contributed by atoms with E-state index in [1.54, 1.807) is 24.3 Å². The molecule has 0 unspecified atom stereocenters. The molecule has 0 aliphatic heterocycles. The molecule has 0 radical (unpaired) electrons. The van der Waals surface area contributed by atoms with Gasteiger partial charge in [0.1, 0.15) is 5.82 Å². The van der Waals surface area contributed by atoms with Crippen LogP contribution in [0.3, 0.4) is 0 Å². The van der Waals surface area contributed by atoms with Crippen molar-refractivity contribution in [1.29, 1.82) is 0 Å². The number of nitrogens with zero attached hydrogens (tertiary/aromatic N) is 1. The molecule has 0 atom stereocenters. The van der Waals surface area contributed by atoms with Gasteiger partial charge in [0.25, 0.3) is 0 Å². The summed E-state index contributed by atoms with van der Waals surface area (Å²) < 4.78 is 104. The Bertz CT molecular complexity index is 1050. The molecule has 0 spiro atoms. The van der Waals surface area contributed by atoms with Gasteiger partial charge < -0.3 is 4.98 Å². The van der Waals surface area contributed by atoms with Gasteiger partial charge >= 0.3 is 12.4 Å². The van der Waals surface area contributed by atoms with Crippen molar-refractivity contribution in [2.45, 2.75) is 23.8 Å². The molecule has 0 saturated heterocycles. The van der Waals surface area contributed by atoms with E-state index in [2.05, 4.69) is 9.97 Å². The largest absolute Gasteiger partial charge is 0.416 e. The lowest BCUT2D eigenvalue weighted by Gasteiger charge is -2.14. The molecule has 12 heteroatoms. The van der Waals surface area contributed by atoms with Crippen LogP contribution in [-0.4, -0.2) is 18.4 Å². The minimum atomic E-state index is -5.15. The molecule has 2 aromatic carbocycles. The molecule has 1 heterocycles. The van der Waals surface area contributed by atoms with Crippen LogP contribution in [0.25, 0.3) is 11.0 Å². The van der Waals surface area contributed by atoms with E-state index >= 15 is 0 Å². The number of hydrogen-bond donors (Lipinski definition) is 2.